The second-order valence-electron chi connectivity index (χ2n) is 6.62. The highest BCUT2D eigenvalue weighted by Gasteiger charge is 2.28. The van der Waals surface area contributed by atoms with E-state index in [-0.39, 0.29) is 17.2 Å². The molecule has 150 valence electrons. The number of carbonyl (C=O) groups excluding carboxylic acids is 1. The minimum Gasteiger partial charge on any atom is -0.366 e. The number of hydrogen-bond donors (Lipinski definition) is 3. The Morgan fingerprint density at radius 2 is 2.04 bits per heavy atom. The molecule has 1 unspecified atom stereocenters. The van der Waals surface area contributed by atoms with Crippen LogP contribution in [0, 0.1) is 28.0 Å². The second-order valence-corrected chi connectivity index (χ2v) is 8.28. The van der Waals surface area contributed by atoms with Crippen LogP contribution in [0.2, 0.25) is 5.02 Å². The smallest absolute Gasteiger partial charge is 0.277 e. The zero-order valence-corrected chi connectivity index (χ0v) is 17.8. The van der Waals surface area contributed by atoms with Gasteiger partial charge in [0.25, 0.3) is 5.91 Å². The van der Waals surface area contributed by atoms with E-state index >= 15 is 0 Å². The van der Waals surface area contributed by atoms with E-state index in [4.69, 9.17) is 16.4 Å². The van der Waals surface area contributed by atoms with Gasteiger partial charge in [0.1, 0.15) is 0 Å². The third kappa shape index (κ3) is 4.56. The van der Waals surface area contributed by atoms with Crippen molar-refractivity contribution in [3.05, 3.63) is 55.6 Å². The summed E-state index contributed by atoms with van der Waals surface area (Å²) in [4.78, 5) is 17.5. The summed E-state index contributed by atoms with van der Waals surface area (Å²) in [7, 11) is 0. The van der Waals surface area contributed by atoms with Gasteiger partial charge in [0.05, 0.1) is 16.3 Å². The Bertz CT molecular complexity index is 909. The van der Waals surface area contributed by atoms with E-state index in [1.165, 1.54) is 0 Å². The third-order valence-corrected chi connectivity index (χ3v) is 5.63. The van der Waals surface area contributed by atoms with Crippen molar-refractivity contribution in [2.24, 2.45) is 5.92 Å². The highest BCUT2D eigenvalue weighted by molar-refractivity contribution is 14.1. The topological polar surface area (TPSA) is 70.6 Å². The number of hydroxylamine groups is 1. The number of aliphatic hydroxyl groups is 1. The van der Waals surface area contributed by atoms with Crippen LogP contribution in [-0.4, -0.2) is 17.3 Å². The van der Waals surface area contributed by atoms with E-state index in [1.54, 1.807) is 19.1 Å². The number of amides is 1. The normalized spacial score (nSPS) is 15.1. The zero-order valence-electron chi connectivity index (χ0n) is 14.9. The number of aryl methyl sites for hydroxylation is 1. The van der Waals surface area contributed by atoms with Crippen molar-refractivity contribution in [1.82, 2.24) is 5.48 Å². The van der Waals surface area contributed by atoms with Gasteiger partial charge in [-0.25, -0.2) is 19.1 Å². The second kappa shape index (κ2) is 8.89. The van der Waals surface area contributed by atoms with Gasteiger partial charge in [-0.1, -0.05) is 18.0 Å². The minimum absolute atomic E-state index is 0.0547. The van der Waals surface area contributed by atoms with Crippen molar-refractivity contribution in [1.29, 1.82) is 0 Å². The molecule has 0 saturated heterocycles. The molecule has 1 amide bonds. The number of anilines is 2. The first-order valence-electron chi connectivity index (χ1n) is 8.62. The largest absolute Gasteiger partial charge is 0.366 e. The van der Waals surface area contributed by atoms with Crippen LogP contribution in [0.3, 0.4) is 0 Å². The van der Waals surface area contributed by atoms with Gasteiger partial charge >= 0.3 is 0 Å². The van der Waals surface area contributed by atoms with Gasteiger partial charge < -0.3 is 10.4 Å². The third-order valence-electron chi connectivity index (χ3n) is 4.68. The molecule has 2 aromatic carbocycles. The lowest BCUT2D eigenvalue weighted by atomic mass is 9.85. The van der Waals surface area contributed by atoms with E-state index in [2.05, 4.69) is 33.4 Å². The Balaban J connectivity index is 1.87. The fraction of sp³-hybridized carbons (Fsp3) is 0.316. The molecule has 5 nitrogen and oxygen atoms in total. The maximum atomic E-state index is 14.6. The molecule has 1 aliphatic rings. The molecule has 1 fully saturated rings. The van der Waals surface area contributed by atoms with Gasteiger partial charge in [-0.2, -0.15) is 0 Å². The van der Waals surface area contributed by atoms with Gasteiger partial charge in [-0.3, -0.25) is 4.79 Å². The van der Waals surface area contributed by atoms with Crippen LogP contribution in [0.25, 0.3) is 0 Å². The van der Waals surface area contributed by atoms with Crippen LogP contribution in [0.5, 0.6) is 0 Å². The monoisotopic (exact) mass is 522 g/mol. The van der Waals surface area contributed by atoms with Gasteiger partial charge in [-0.05, 0) is 72.2 Å². The van der Waals surface area contributed by atoms with Crippen molar-refractivity contribution in [3.63, 3.8) is 0 Å². The summed E-state index contributed by atoms with van der Waals surface area (Å²) in [5, 5.41) is 12.1. The lowest BCUT2D eigenvalue weighted by molar-refractivity contribution is -0.178. The predicted molar refractivity (Wildman–Crippen MR) is 110 cm³/mol. The molecule has 3 N–H and O–H groups in total. The Morgan fingerprint density at radius 3 is 2.64 bits per heavy atom. The molecule has 2 aromatic rings. The van der Waals surface area contributed by atoms with Gasteiger partial charge in [-0.15, -0.1) is 0 Å². The molecule has 0 spiro atoms. The van der Waals surface area contributed by atoms with Crippen molar-refractivity contribution < 1.29 is 23.5 Å². The SMILES string of the molecule is Cc1cc(I)ccc1Nc1c(C(=O)NOC(O)C2CCC2)cc(Cl)c(F)c1F. The fourth-order valence-corrected chi connectivity index (χ4v) is 3.63. The van der Waals surface area contributed by atoms with Gasteiger partial charge in [0.15, 0.2) is 17.9 Å². The van der Waals surface area contributed by atoms with E-state index < -0.39 is 28.9 Å². The standard InChI is InChI=1S/C19H18ClF2IN2O3/c1-9-7-11(23)5-6-14(9)24-17-12(8-13(20)15(21)16(17)22)18(26)25-28-19(27)10-3-2-4-10/h5-8,10,19,24,27H,2-4H2,1H3,(H,25,26). The van der Waals surface area contributed by atoms with E-state index in [0.29, 0.717) is 5.69 Å². The van der Waals surface area contributed by atoms with Crippen molar-refractivity contribution in [2.45, 2.75) is 32.5 Å². The molecule has 0 aliphatic heterocycles. The first-order chi connectivity index (χ1) is 13.3. The fourth-order valence-electron chi connectivity index (χ4n) is 2.79. The summed E-state index contributed by atoms with van der Waals surface area (Å²) in [6.45, 7) is 1.80. The Kier molecular flexibility index (Phi) is 6.74. The molecule has 3 rings (SSSR count). The lowest BCUT2D eigenvalue weighted by Gasteiger charge is -2.29. The first kappa shape index (κ1) is 21.2. The van der Waals surface area contributed by atoms with Crippen LogP contribution in [0.15, 0.2) is 24.3 Å². The summed E-state index contributed by atoms with van der Waals surface area (Å²) < 4.78 is 29.6. The van der Waals surface area contributed by atoms with E-state index in [9.17, 15) is 18.7 Å². The summed E-state index contributed by atoms with van der Waals surface area (Å²) in [6, 6.07) is 6.35. The quantitative estimate of drug-likeness (QED) is 0.215. The lowest BCUT2D eigenvalue weighted by Crippen LogP contribution is -2.36. The molecule has 0 bridgehead atoms. The number of carbonyl (C=O) groups is 1. The van der Waals surface area contributed by atoms with Crippen LogP contribution in [0.1, 0.15) is 35.2 Å². The molecule has 0 aromatic heterocycles. The van der Waals surface area contributed by atoms with Crippen LogP contribution in [-0.2, 0) is 4.84 Å². The van der Waals surface area contributed by atoms with Crippen LogP contribution < -0.4 is 10.8 Å². The molecular formula is C19H18ClF2IN2O3. The molecular weight excluding hydrogens is 505 g/mol. The minimum atomic E-state index is -1.28. The van der Waals surface area contributed by atoms with Crippen molar-refractivity contribution in [2.75, 3.05) is 5.32 Å². The molecule has 1 saturated carbocycles. The number of hydrogen-bond acceptors (Lipinski definition) is 4. The first-order valence-corrected chi connectivity index (χ1v) is 10.1. The molecule has 1 atom stereocenters. The predicted octanol–water partition coefficient (Wildman–Crippen LogP) is 5.05. The number of aliphatic hydroxyl groups excluding tert-OH is 1. The molecule has 28 heavy (non-hydrogen) atoms. The number of nitrogens with one attached hydrogen (secondary N) is 2. The average Bonchev–Trinajstić information content (AvgIpc) is 2.60. The van der Waals surface area contributed by atoms with Gasteiger partial charge in [0, 0.05) is 15.2 Å². The highest BCUT2D eigenvalue weighted by Crippen LogP contribution is 2.33. The average molecular weight is 523 g/mol. The van der Waals surface area contributed by atoms with Gasteiger partial charge in [0.2, 0.25) is 0 Å². The maximum Gasteiger partial charge on any atom is 0.277 e. The molecule has 1 aliphatic carbocycles. The maximum absolute atomic E-state index is 14.6. The van der Waals surface area contributed by atoms with Crippen molar-refractivity contribution in [3.8, 4) is 0 Å². The Labute approximate surface area is 179 Å². The zero-order chi connectivity index (χ0) is 20.4. The summed E-state index contributed by atoms with van der Waals surface area (Å²) in [5.41, 5.74) is 2.76. The Hall–Kier alpha value is -1.49. The number of rotatable bonds is 6. The molecule has 0 radical (unpaired) electrons. The summed E-state index contributed by atoms with van der Waals surface area (Å²) >= 11 is 7.85. The van der Waals surface area contributed by atoms with E-state index in [0.717, 1.165) is 34.5 Å². The van der Waals surface area contributed by atoms with E-state index in [1.807, 2.05) is 6.07 Å². The van der Waals surface area contributed by atoms with Crippen molar-refractivity contribution >= 4 is 51.5 Å². The molecule has 0 heterocycles. The van der Waals surface area contributed by atoms with Crippen LogP contribution in [0.4, 0.5) is 20.2 Å². The summed E-state index contributed by atoms with van der Waals surface area (Å²) in [6.07, 6.45) is 1.43. The highest BCUT2D eigenvalue weighted by atomic mass is 127. The summed E-state index contributed by atoms with van der Waals surface area (Å²) in [5.74, 6) is -3.46. The number of benzene rings is 2. The van der Waals surface area contributed by atoms with Crippen LogP contribution >= 0.6 is 34.2 Å². The number of halogens is 4. The molecule has 9 heteroatoms. The Morgan fingerprint density at radius 1 is 1.32 bits per heavy atom.